The summed E-state index contributed by atoms with van der Waals surface area (Å²) in [6.07, 6.45) is -4.31. The largest absolute Gasteiger partial charge is 0.573 e. The lowest BCUT2D eigenvalue weighted by atomic mass is 10.2. The lowest BCUT2D eigenvalue weighted by Gasteiger charge is -2.09. The highest BCUT2D eigenvalue weighted by atomic mass is 35.5. The van der Waals surface area contributed by atoms with Crippen molar-refractivity contribution in [3.8, 4) is 5.75 Å². The van der Waals surface area contributed by atoms with Crippen molar-refractivity contribution < 1.29 is 27.5 Å². The van der Waals surface area contributed by atoms with Crippen molar-refractivity contribution >= 4 is 24.7 Å². The summed E-state index contributed by atoms with van der Waals surface area (Å²) in [6.45, 7) is 2.00. The van der Waals surface area contributed by atoms with Crippen LogP contribution in [0.3, 0.4) is 0 Å². The molecule has 7 heteroatoms. The number of hydrogen-bond donors (Lipinski definition) is 0. The standard InChI is InChI=1S/C8H4ClF3O2.CH2O/c9-6-3-5(4-13)1-2-7(6)14-8(10,11)12;1-2/h1-4H;1H2. The molecule has 0 heterocycles. The number of rotatable bonds is 2. The molecule has 0 fully saturated rings. The Labute approximate surface area is 93.8 Å². The number of aldehydes is 1. The highest BCUT2D eigenvalue weighted by molar-refractivity contribution is 6.32. The van der Waals surface area contributed by atoms with Gasteiger partial charge in [0.1, 0.15) is 18.8 Å². The molecule has 0 saturated heterocycles. The molecule has 88 valence electrons. The number of carbonyl (C=O) groups excluding carboxylic acids is 2. The Balaban J connectivity index is 0.00000106. The van der Waals surface area contributed by atoms with E-state index in [1.165, 1.54) is 6.07 Å². The maximum absolute atomic E-state index is 11.8. The van der Waals surface area contributed by atoms with Crippen LogP contribution in [-0.4, -0.2) is 19.4 Å². The molecule has 0 atom stereocenters. The summed E-state index contributed by atoms with van der Waals surface area (Å²) in [5.74, 6) is -0.523. The first-order valence-electron chi connectivity index (χ1n) is 3.72. The van der Waals surface area contributed by atoms with E-state index in [4.69, 9.17) is 16.4 Å². The van der Waals surface area contributed by atoms with Crippen LogP contribution in [-0.2, 0) is 4.79 Å². The number of halogens is 4. The Morgan fingerprint density at radius 3 is 2.25 bits per heavy atom. The minimum atomic E-state index is -4.79. The Hall–Kier alpha value is -1.56. The van der Waals surface area contributed by atoms with E-state index < -0.39 is 12.1 Å². The highest BCUT2D eigenvalue weighted by Crippen LogP contribution is 2.30. The van der Waals surface area contributed by atoms with Crippen molar-refractivity contribution in [1.29, 1.82) is 0 Å². The molecule has 0 unspecified atom stereocenters. The van der Waals surface area contributed by atoms with Gasteiger partial charge in [0.05, 0.1) is 5.02 Å². The third-order valence-electron chi connectivity index (χ3n) is 1.32. The average Bonchev–Trinajstić information content (AvgIpc) is 2.22. The second kappa shape index (κ2) is 6.12. The minimum absolute atomic E-state index is 0.185. The minimum Gasteiger partial charge on any atom is -0.404 e. The topological polar surface area (TPSA) is 43.4 Å². The van der Waals surface area contributed by atoms with Crippen molar-refractivity contribution in [2.24, 2.45) is 0 Å². The Morgan fingerprint density at radius 2 is 1.88 bits per heavy atom. The lowest BCUT2D eigenvalue weighted by Crippen LogP contribution is -2.17. The van der Waals surface area contributed by atoms with Gasteiger partial charge < -0.3 is 9.53 Å². The van der Waals surface area contributed by atoms with Crippen LogP contribution in [0.2, 0.25) is 5.02 Å². The first-order chi connectivity index (χ1) is 7.42. The van der Waals surface area contributed by atoms with E-state index in [1.807, 2.05) is 6.79 Å². The van der Waals surface area contributed by atoms with E-state index >= 15 is 0 Å². The Bertz CT molecular complexity index is 366. The van der Waals surface area contributed by atoms with E-state index in [1.54, 1.807) is 0 Å². The zero-order valence-electron chi connectivity index (χ0n) is 7.75. The van der Waals surface area contributed by atoms with Crippen LogP contribution in [0.5, 0.6) is 5.75 Å². The summed E-state index contributed by atoms with van der Waals surface area (Å²) in [5, 5.41) is -0.257. The van der Waals surface area contributed by atoms with Gasteiger partial charge in [0.15, 0.2) is 0 Å². The van der Waals surface area contributed by atoms with Gasteiger partial charge in [-0.1, -0.05) is 11.6 Å². The number of ether oxygens (including phenoxy) is 1. The van der Waals surface area contributed by atoms with Gasteiger partial charge in [-0.2, -0.15) is 0 Å². The van der Waals surface area contributed by atoms with Crippen LogP contribution in [0.4, 0.5) is 13.2 Å². The summed E-state index contributed by atoms with van der Waals surface area (Å²) in [6, 6.07) is 3.26. The molecule has 0 saturated carbocycles. The molecule has 3 nitrogen and oxygen atoms in total. The quantitative estimate of drug-likeness (QED) is 0.762. The van der Waals surface area contributed by atoms with E-state index in [0.29, 0.717) is 6.29 Å². The van der Waals surface area contributed by atoms with Crippen molar-refractivity contribution in [2.75, 3.05) is 0 Å². The van der Waals surface area contributed by atoms with Crippen molar-refractivity contribution in [2.45, 2.75) is 6.36 Å². The van der Waals surface area contributed by atoms with Gasteiger partial charge in [0.2, 0.25) is 0 Å². The summed E-state index contributed by atoms with van der Waals surface area (Å²) in [4.78, 5) is 18.2. The third-order valence-corrected chi connectivity index (χ3v) is 1.61. The van der Waals surface area contributed by atoms with E-state index in [9.17, 15) is 18.0 Å². The monoisotopic (exact) mass is 254 g/mol. The third kappa shape index (κ3) is 4.79. The number of carbonyl (C=O) groups is 2. The molecular weight excluding hydrogens is 249 g/mol. The second-order valence-corrected chi connectivity index (χ2v) is 2.76. The Kier molecular flexibility index (Phi) is 5.52. The van der Waals surface area contributed by atoms with Crippen molar-refractivity contribution in [3.05, 3.63) is 28.8 Å². The molecule has 0 N–H and O–H groups in total. The Morgan fingerprint density at radius 1 is 1.31 bits per heavy atom. The fourth-order valence-electron chi connectivity index (χ4n) is 0.798. The van der Waals surface area contributed by atoms with E-state index in [0.717, 1.165) is 12.1 Å². The molecule has 1 aromatic rings. The van der Waals surface area contributed by atoms with E-state index in [-0.39, 0.29) is 10.6 Å². The van der Waals surface area contributed by atoms with Crippen LogP contribution in [0.15, 0.2) is 18.2 Å². The van der Waals surface area contributed by atoms with Gasteiger partial charge in [-0.15, -0.1) is 13.2 Å². The summed E-state index contributed by atoms with van der Waals surface area (Å²) < 4.78 is 38.8. The molecule has 0 amide bonds. The van der Waals surface area contributed by atoms with Gasteiger partial charge in [-0.25, -0.2) is 0 Å². The van der Waals surface area contributed by atoms with Crippen molar-refractivity contribution in [3.63, 3.8) is 0 Å². The summed E-state index contributed by atoms with van der Waals surface area (Å²) in [5.41, 5.74) is 0.185. The average molecular weight is 255 g/mol. The zero-order chi connectivity index (χ0) is 12.8. The first-order valence-corrected chi connectivity index (χ1v) is 4.09. The molecule has 0 bridgehead atoms. The number of alkyl halides is 3. The van der Waals surface area contributed by atoms with Gasteiger partial charge in [0, 0.05) is 5.56 Å². The smallest absolute Gasteiger partial charge is 0.404 e. The van der Waals surface area contributed by atoms with Crippen LogP contribution >= 0.6 is 11.6 Å². The summed E-state index contributed by atoms with van der Waals surface area (Å²) in [7, 11) is 0. The predicted octanol–water partition coefficient (Wildman–Crippen LogP) is 2.87. The molecule has 0 aliphatic heterocycles. The van der Waals surface area contributed by atoms with Crippen LogP contribution in [0.25, 0.3) is 0 Å². The van der Waals surface area contributed by atoms with Crippen LogP contribution < -0.4 is 4.74 Å². The highest BCUT2D eigenvalue weighted by Gasteiger charge is 2.31. The SMILES string of the molecule is C=O.O=Cc1ccc(OC(F)(F)F)c(Cl)c1. The van der Waals surface area contributed by atoms with Crippen molar-refractivity contribution in [1.82, 2.24) is 0 Å². The fourth-order valence-corrected chi connectivity index (χ4v) is 1.03. The van der Waals surface area contributed by atoms with Gasteiger partial charge in [0.25, 0.3) is 0 Å². The first kappa shape index (κ1) is 14.4. The summed E-state index contributed by atoms with van der Waals surface area (Å²) >= 11 is 5.43. The molecule has 0 radical (unpaired) electrons. The molecule has 0 aliphatic rings. The van der Waals surface area contributed by atoms with Crippen LogP contribution in [0, 0.1) is 0 Å². The normalized spacial score (nSPS) is 10.0. The predicted molar refractivity (Wildman–Crippen MR) is 50.6 cm³/mol. The zero-order valence-corrected chi connectivity index (χ0v) is 8.51. The van der Waals surface area contributed by atoms with Gasteiger partial charge in [-0.05, 0) is 18.2 Å². The molecule has 1 aromatic carbocycles. The van der Waals surface area contributed by atoms with Gasteiger partial charge in [-0.3, -0.25) is 4.79 Å². The molecule has 0 spiro atoms. The van der Waals surface area contributed by atoms with E-state index in [2.05, 4.69) is 4.74 Å². The van der Waals surface area contributed by atoms with Crippen LogP contribution in [0.1, 0.15) is 10.4 Å². The maximum atomic E-state index is 11.8. The fraction of sp³-hybridized carbons (Fsp3) is 0.111. The molecular formula is C9H6ClF3O3. The second-order valence-electron chi connectivity index (χ2n) is 2.36. The number of hydrogen-bond acceptors (Lipinski definition) is 3. The lowest BCUT2D eigenvalue weighted by molar-refractivity contribution is -0.274. The van der Waals surface area contributed by atoms with Gasteiger partial charge >= 0.3 is 6.36 Å². The molecule has 16 heavy (non-hydrogen) atoms. The molecule has 0 aliphatic carbocycles. The maximum Gasteiger partial charge on any atom is 0.573 e. The molecule has 1 rings (SSSR count). The number of benzene rings is 1. The molecule has 0 aromatic heterocycles.